The van der Waals surface area contributed by atoms with E-state index in [2.05, 4.69) is 48.1 Å². The second-order valence-electron chi connectivity index (χ2n) is 4.12. The van der Waals surface area contributed by atoms with Crippen molar-refractivity contribution in [2.75, 3.05) is 0 Å². The minimum absolute atomic E-state index is 0.831. The van der Waals surface area contributed by atoms with Gasteiger partial charge >= 0.3 is 0 Å². The third-order valence-corrected chi connectivity index (χ3v) is 2.86. The van der Waals surface area contributed by atoms with Crippen molar-refractivity contribution in [1.29, 1.82) is 0 Å². The molecule has 0 bridgehead atoms. The summed E-state index contributed by atoms with van der Waals surface area (Å²) in [6.07, 6.45) is 4.80. The number of nitrogens with one attached hydrogen (secondary N) is 1. The van der Waals surface area contributed by atoms with Gasteiger partial charge in [-0.2, -0.15) is 0 Å². The molecular weight excluding hydrogens is 198 g/mol. The van der Waals surface area contributed by atoms with Gasteiger partial charge in [-0.3, -0.25) is 0 Å². The van der Waals surface area contributed by atoms with Crippen LogP contribution in [-0.4, -0.2) is 10.9 Å². The van der Waals surface area contributed by atoms with Gasteiger partial charge in [-0.1, -0.05) is 25.7 Å². The molecule has 16 heavy (non-hydrogen) atoms. The monoisotopic (exact) mass is 215 g/mol. The molecule has 0 radical (unpaired) electrons. The Bertz CT molecular complexity index is 478. The van der Waals surface area contributed by atoms with E-state index in [-0.39, 0.29) is 0 Å². The van der Waals surface area contributed by atoms with Crippen LogP contribution in [0.2, 0.25) is 0 Å². The van der Waals surface area contributed by atoms with Crippen LogP contribution >= 0.6 is 0 Å². The molecule has 3 heteroatoms. The molecule has 0 fully saturated rings. The van der Waals surface area contributed by atoms with E-state index < -0.39 is 0 Å². The van der Waals surface area contributed by atoms with E-state index in [0.717, 1.165) is 30.0 Å². The number of aromatic nitrogens is 1. The number of aryl methyl sites for hydroxylation is 1. The van der Waals surface area contributed by atoms with Crippen LogP contribution in [-0.2, 0) is 6.54 Å². The fourth-order valence-electron chi connectivity index (χ4n) is 1.91. The maximum absolute atomic E-state index is 4.38. The van der Waals surface area contributed by atoms with Crippen molar-refractivity contribution in [3.63, 3.8) is 0 Å². The zero-order valence-electron chi connectivity index (χ0n) is 9.88. The Morgan fingerprint density at radius 1 is 1.56 bits per heavy atom. The van der Waals surface area contributed by atoms with Crippen LogP contribution in [0.3, 0.4) is 0 Å². The fourth-order valence-corrected chi connectivity index (χ4v) is 1.91. The summed E-state index contributed by atoms with van der Waals surface area (Å²) in [7, 11) is 0. The summed E-state index contributed by atoms with van der Waals surface area (Å²) < 4.78 is 2.14. The third-order valence-electron chi connectivity index (χ3n) is 2.86. The molecule has 0 amide bonds. The quantitative estimate of drug-likeness (QED) is 0.772. The lowest BCUT2D eigenvalue weighted by molar-refractivity contribution is 0.765. The van der Waals surface area contributed by atoms with Crippen molar-refractivity contribution in [2.45, 2.75) is 26.8 Å². The van der Waals surface area contributed by atoms with Crippen LogP contribution in [0.15, 0.2) is 29.9 Å². The highest BCUT2D eigenvalue weighted by Crippen LogP contribution is 2.32. The smallest absolute Gasteiger partial charge is 0.144 e. The lowest BCUT2D eigenvalue weighted by Crippen LogP contribution is -2.13. The zero-order chi connectivity index (χ0) is 11.7. The predicted molar refractivity (Wildman–Crippen MR) is 68.9 cm³/mol. The Hall–Kier alpha value is -1.77. The fraction of sp³-hybridized carbons (Fsp3) is 0.308. The number of allylic oxidation sites excluding steroid dienone is 1. The Labute approximate surface area is 96.2 Å². The van der Waals surface area contributed by atoms with Crippen LogP contribution in [0.25, 0.3) is 5.70 Å². The molecule has 1 aliphatic rings. The van der Waals surface area contributed by atoms with E-state index in [1.165, 1.54) is 11.1 Å². The van der Waals surface area contributed by atoms with Crippen LogP contribution in [0.4, 0.5) is 5.82 Å². The van der Waals surface area contributed by atoms with E-state index in [1.807, 2.05) is 0 Å². The summed E-state index contributed by atoms with van der Waals surface area (Å²) in [5.41, 5.74) is 4.44. The summed E-state index contributed by atoms with van der Waals surface area (Å²) in [6.45, 7) is 13.1. The molecule has 1 aliphatic heterocycles. The maximum atomic E-state index is 4.38. The standard InChI is InChI=1S/C13H17N3/c1-5-9(2)6-16-7-10(3)12-11(4)14-8-15-13(12)16/h7-8H,2,4-6H2,1,3H3,(H,14,15). The number of fused-ring (bicyclic) bond motifs is 1. The molecule has 2 heterocycles. The Balaban J connectivity index is 2.43. The van der Waals surface area contributed by atoms with Crippen LogP contribution in [0, 0.1) is 6.92 Å². The van der Waals surface area contributed by atoms with Gasteiger partial charge < -0.3 is 9.88 Å². The lowest BCUT2D eigenvalue weighted by atomic mass is 10.1. The number of nitrogens with zero attached hydrogens (tertiary/aromatic N) is 2. The summed E-state index contributed by atoms with van der Waals surface area (Å²) in [6, 6.07) is 0. The SMILES string of the molecule is C=C(CC)Cn1cc(C)c2c1N=CNC2=C. The van der Waals surface area contributed by atoms with Crippen molar-refractivity contribution in [3.8, 4) is 0 Å². The van der Waals surface area contributed by atoms with E-state index in [9.17, 15) is 0 Å². The highest BCUT2D eigenvalue weighted by atomic mass is 15.1. The van der Waals surface area contributed by atoms with Gasteiger partial charge in [0.1, 0.15) is 5.82 Å². The second kappa shape index (κ2) is 4.00. The molecule has 84 valence electrons. The summed E-state index contributed by atoms with van der Waals surface area (Å²) in [5, 5.41) is 3.04. The van der Waals surface area contributed by atoms with Gasteiger partial charge in [0.15, 0.2) is 0 Å². The minimum Gasteiger partial charge on any atom is -0.346 e. The van der Waals surface area contributed by atoms with Crippen LogP contribution in [0.1, 0.15) is 24.5 Å². The third kappa shape index (κ3) is 1.69. The predicted octanol–water partition coefficient (Wildman–Crippen LogP) is 3.00. The largest absolute Gasteiger partial charge is 0.346 e. The van der Waals surface area contributed by atoms with Gasteiger partial charge in [-0.15, -0.1) is 0 Å². The molecule has 1 aromatic rings. The van der Waals surface area contributed by atoms with E-state index >= 15 is 0 Å². The summed E-state index contributed by atoms with van der Waals surface area (Å²) in [4.78, 5) is 4.38. The van der Waals surface area contributed by atoms with Gasteiger partial charge in [-0.25, -0.2) is 4.99 Å². The van der Waals surface area contributed by atoms with Crippen molar-refractivity contribution in [1.82, 2.24) is 9.88 Å². The first kappa shape index (κ1) is 10.7. The van der Waals surface area contributed by atoms with E-state index in [1.54, 1.807) is 6.34 Å². The molecule has 0 aromatic carbocycles. The Morgan fingerprint density at radius 3 is 3.00 bits per heavy atom. The molecule has 0 unspecified atom stereocenters. The van der Waals surface area contributed by atoms with Gasteiger partial charge in [-0.05, 0) is 18.9 Å². The van der Waals surface area contributed by atoms with E-state index in [0.29, 0.717) is 0 Å². The first-order valence-electron chi connectivity index (χ1n) is 5.48. The number of hydrogen-bond donors (Lipinski definition) is 1. The molecule has 0 saturated carbocycles. The maximum Gasteiger partial charge on any atom is 0.144 e. The number of aliphatic imine (C=N–C) groups is 1. The van der Waals surface area contributed by atoms with Crippen molar-refractivity contribution >= 4 is 17.9 Å². The molecule has 2 rings (SSSR count). The summed E-state index contributed by atoms with van der Waals surface area (Å²) in [5.74, 6) is 0.982. The van der Waals surface area contributed by atoms with Crippen molar-refractivity contribution in [3.05, 3.63) is 36.1 Å². The number of rotatable bonds is 3. The van der Waals surface area contributed by atoms with Crippen LogP contribution < -0.4 is 5.32 Å². The summed E-state index contributed by atoms with van der Waals surface area (Å²) >= 11 is 0. The first-order valence-corrected chi connectivity index (χ1v) is 5.48. The Morgan fingerprint density at radius 2 is 2.31 bits per heavy atom. The molecule has 0 aliphatic carbocycles. The van der Waals surface area contributed by atoms with Gasteiger partial charge in [0.2, 0.25) is 0 Å². The minimum atomic E-state index is 0.831. The normalized spacial score (nSPS) is 13.5. The highest BCUT2D eigenvalue weighted by molar-refractivity contribution is 5.86. The molecule has 1 N–H and O–H groups in total. The average molecular weight is 215 g/mol. The van der Waals surface area contributed by atoms with Crippen molar-refractivity contribution in [2.24, 2.45) is 4.99 Å². The van der Waals surface area contributed by atoms with Crippen LogP contribution in [0.5, 0.6) is 0 Å². The highest BCUT2D eigenvalue weighted by Gasteiger charge is 2.17. The first-order chi connectivity index (χ1) is 7.63. The molecular formula is C13H17N3. The molecule has 0 spiro atoms. The molecule has 3 nitrogen and oxygen atoms in total. The molecule has 0 atom stereocenters. The molecule has 0 saturated heterocycles. The average Bonchev–Trinajstić information content (AvgIpc) is 2.57. The lowest BCUT2D eigenvalue weighted by Gasteiger charge is -2.13. The topological polar surface area (TPSA) is 29.3 Å². The van der Waals surface area contributed by atoms with Crippen molar-refractivity contribution < 1.29 is 0 Å². The second-order valence-corrected chi connectivity index (χ2v) is 4.12. The zero-order valence-corrected chi connectivity index (χ0v) is 9.88. The molecule has 1 aromatic heterocycles. The number of hydrogen-bond acceptors (Lipinski definition) is 2. The van der Waals surface area contributed by atoms with E-state index in [4.69, 9.17) is 0 Å². The Kier molecular flexibility index (Phi) is 2.69. The van der Waals surface area contributed by atoms with Gasteiger partial charge in [0.05, 0.1) is 6.34 Å². The van der Waals surface area contributed by atoms with Gasteiger partial charge in [0, 0.05) is 24.0 Å². The van der Waals surface area contributed by atoms with Gasteiger partial charge in [0.25, 0.3) is 0 Å².